The van der Waals surface area contributed by atoms with E-state index in [1.54, 1.807) is 0 Å². The molecule has 0 radical (unpaired) electrons. The normalized spacial score (nSPS) is 18.4. The van der Waals surface area contributed by atoms with E-state index < -0.39 is 0 Å². The quantitative estimate of drug-likeness (QED) is 0.805. The molecule has 29 heavy (non-hydrogen) atoms. The topological polar surface area (TPSA) is 61.4 Å². The average Bonchev–Trinajstić information content (AvgIpc) is 3.03. The van der Waals surface area contributed by atoms with Crippen molar-refractivity contribution >= 4 is 17.4 Å². The fourth-order valence-electron chi connectivity index (χ4n) is 4.35. The molecule has 2 fully saturated rings. The molecule has 2 heterocycles. The van der Waals surface area contributed by atoms with Crippen LogP contribution in [-0.4, -0.2) is 48.1 Å². The Morgan fingerprint density at radius 1 is 0.931 bits per heavy atom. The second kappa shape index (κ2) is 9.25. The molecule has 2 aliphatic rings. The van der Waals surface area contributed by atoms with Gasteiger partial charge in [-0.2, -0.15) is 0 Å². The zero-order valence-electron chi connectivity index (χ0n) is 17.3. The minimum atomic E-state index is -0.0634. The van der Waals surface area contributed by atoms with Gasteiger partial charge in [0.2, 0.25) is 0 Å². The zero-order valence-corrected chi connectivity index (χ0v) is 17.3. The van der Waals surface area contributed by atoms with E-state index in [0.29, 0.717) is 11.5 Å². The number of benzene rings is 1. The van der Waals surface area contributed by atoms with Crippen LogP contribution in [0.1, 0.15) is 54.8 Å². The highest BCUT2D eigenvalue weighted by atomic mass is 16.1. The van der Waals surface area contributed by atoms with Gasteiger partial charge in [0.15, 0.2) is 0 Å². The van der Waals surface area contributed by atoms with Gasteiger partial charge in [0.25, 0.3) is 5.91 Å². The molecule has 1 aromatic carbocycles. The van der Waals surface area contributed by atoms with Crippen molar-refractivity contribution in [3.8, 4) is 0 Å². The van der Waals surface area contributed by atoms with Gasteiger partial charge in [-0.15, -0.1) is 0 Å². The minimum Gasteiger partial charge on any atom is -0.368 e. The number of amides is 1. The van der Waals surface area contributed by atoms with Crippen LogP contribution in [0.25, 0.3) is 0 Å². The Labute approximate surface area is 173 Å². The van der Waals surface area contributed by atoms with E-state index in [-0.39, 0.29) is 11.9 Å². The molecule has 1 amide bonds. The van der Waals surface area contributed by atoms with Gasteiger partial charge in [0.05, 0.1) is 0 Å². The Hall–Kier alpha value is -2.63. The second-order valence-electron chi connectivity index (χ2n) is 8.13. The number of aryl methyl sites for hydroxylation is 1. The Morgan fingerprint density at radius 3 is 2.28 bits per heavy atom. The number of rotatable bonds is 4. The fraction of sp³-hybridized carbons (Fsp3) is 0.522. The monoisotopic (exact) mass is 393 g/mol. The average molecular weight is 394 g/mol. The van der Waals surface area contributed by atoms with Crippen molar-refractivity contribution in [2.24, 2.45) is 0 Å². The van der Waals surface area contributed by atoms with Gasteiger partial charge < -0.3 is 15.1 Å². The third-order valence-electron chi connectivity index (χ3n) is 5.97. The summed E-state index contributed by atoms with van der Waals surface area (Å²) in [7, 11) is 0. The number of anilines is 2. The Kier molecular flexibility index (Phi) is 6.27. The van der Waals surface area contributed by atoms with E-state index in [0.717, 1.165) is 44.8 Å². The molecule has 1 aliphatic heterocycles. The van der Waals surface area contributed by atoms with Crippen LogP contribution in [0.4, 0.5) is 11.5 Å². The number of aromatic nitrogens is 2. The van der Waals surface area contributed by atoms with Crippen LogP contribution in [0, 0.1) is 6.92 Å². The van der Waals surface area contributed by atoms with E-state index in [9.17, 15) is 4.79 Å². The summed E-state index contributed by atoms with van der Waals surface area (Å²) in [5.74, 6) is 1.45. The third kappa shape index (κ3) is 5.05. The van der Waals surface area contributed by atoms with Gasteiger partial charge in [0, 0.05) is 44.0 Å². The highest BCUT2D eigenvalue weighted by Gasteiger charge is 2.22. The Bertz CT molecular complexity index is 809. The summed E-state index contributed by atoms with van der Waals surface area (Å²) in [5.41, 5.74) is 1.75. The van der Waals surface area contributed by atoms with Gasteiger partial charge in [-0.05, 0) is 31.9 Å². The van der Waals surface area contributed by atoms with Gasteiger partial charge >= 0.3 is 0 Å². The second-order valence-corrected chi connectivity index (χ2v) is 8.13. The molecular weight excluding hydrogens is 362 g/mol. The molecule has 1 aromatic heterocycles. The first-order valence-corrected chi connectivity index (χ1v) is 10.9. The van der Waals surface area contributed by atoms with Crippen LogP contribution in [0.5, 0.6) is 0 Å². The van der Waals surface area contributed by atoms with Crippen LogP contribution < -0.4 is 15.1 Å². The first kappa shape index (κ1) is 19.7. The SMILES string of the molecule is Cc1nc(C(=O)NC2CCCCCC2)cc(N2CCN(c3ccccc3)CC2)n1. The maximum Gasteiger partial charge on any atom is 0.270 e. The summed E-state index contributed by atoms with van der Waals surface area (Å²) in [4.78, 5) is 26.5. The number of carbonyl (C=O) groups excluding carboxylic acids is 1. The number of hydrogen-bond donors (Lipinski definition) is 1. The molecule has 0 bridgehead atoms. The maximum absolute atomic E-state index is 12.8. The van der Waals surface area contributed by atoms with Gasteiger partial charge in [-0.25, -0.2) is 9.97 Å². The van der Waals surface area contributed by atoms with Crippen LogP contribution >= 0.6 is 0 Å². The predicted molar refractivity (Wildman–Crippen MR) is 117 cm³/mol. The van der Waals surface area contributed by atoms with Crippen molar-refractivity contribution in [1.29, 1.82) is 0 Å². The van der Waals surface area contributed by atoms with E-state index in [1.807, 2.05) is 19.1 Å². The molecule has 1 aliphatic carbocycles. The van der Waals surface area contributed by atoms with Crippen LogP contribution in [0.3, 0.4) is 0 Å². The Balaban J connectivity index is 1.41. The number of nitrogens with one attached hydrogen (secondary N) is 1. The lowest BCUT2D eigenvalue weighted by atomic mass is 10.1. The van der Waals surface area contributed by atoms with Crippen LogP contribution in [0.2, 0.25) is 0 Å². The summed E-state index contributed by atoms with van der Waals surface area (Å²) in [6, 6.07) is 12.6. The molecule has 6 heteroatoms. The number of para-hydroxylation sites is 1. The highest BCUT2D eigenvalue weighted by molar-refractivity contribution is 5.93. The summed E-state index contributed by atoms with van der Waals surface area (Å²) >= 11 is 0. The molecule has 0 unspecified atom stereocenters. The Morgan fingerprint density at radius 2 is 1.59 bits per heavy atom. The molecular formula is C23H31N5O. The molecule has 1 N–H and O–H groups in total. The highest BCUT2D eigenvalue weighted by Crippen LogP contribution is 2.21. The summed E-state index contributed by atoms with van der Waals surface area (Å²) in [5, 5.41) is 3.21. The maximum atomic E-state index is 12.8. The molecule has 0 spiro atoms. The fourth-order valence-corrected chi connectivity index (χ4v) is 4.35. The van der Waals surface area contributed by atoms with E-state index >= 15 is 0 Å². The minimum absolute atomic E-state index is 0.0634. The van der Waals surface area contributed by atoms with Gasteiger partial charge in [-0.1, -0.05) is 43.9 Å². The number of piperazine rings is 1. The summed E-state index contributed by atoms with van der Waals surface area (Å²) < 4.78 is 0. The van der Waals surface area contributed by atoms with Crippen molar-refractivity contribution < 1.29 is 4.79 Å². The molecule has 0 atom stereocenters. The first-order valence-electron chi connectivity index (χ1n) is 10.9. The number of carbonyl (C=O) groups is 1. The number of hydrogen-bond acceptors (Lipinski definition) is 5. The molecule has 1 saturated carbocycles. The lowest BCUT2D eigenvalue weighted by molar-refractivity contribution is 0.0928. The molecule has 1 saturated heterocycles. The zero-order chi connectivity index (χ0) is 20.1. The van der Waals surface area contributed by atoms with Crippen molar-refractivity contribution in [1.82, 2.24) is 15.3 Å². The van der Waals surface area contributed by atoms with Gasteiger partial charge in [-0.3, -0.25) is 4.79 Å². The predicted octanol–water partition coefficient (Wildman–Crippen LogP) is 3.56. The van der Waals surface area contributed by atoms with Crippen LogP contribution in [0.15, 0.2) is 36.4 Å². The summed E-state index contributed by atoms with van der Waals surface area (Å²) in [6.07, 6.45) is 7.10. The molecule has 2 aromatic rings. The molecule has 4 rings (SSSR count). The smallest absolute Gasteiger partial charge is 0.270 e. The van der Waals surface area contributed by atoms with Crippen molar-refractivity contribution in [3.05, 3.63) is 47.9 Å². The molecule has 154 valence electrons. The lowest BCUT2D eigenvalue weighted by Crippen LogP contribution is -2.47. The van der Waals surface area contributed by atoms with Crippen molar-refractivity contribution in [2.45, 2.75) is 51.5 Å². The van der Waals surface area contributed by atoms with E-state index in [4.69, 9.17) is 0 Å². The van der Waals surface area contributed by atoms with Gasteiger partial charge in [0.1, 0.15) is 17.3 Å². The van der Waals surface area contributed by atoms with Crippen molar-refractivity contribution in [3.63, 3.8) is 0 Å². The standard InChI is InChI=1S/C23H31N5O/c1-18-24-21(23(29)26-19-9-5-2-3-6-10-19)17-22(25-18)28-15-13-27(14-16-28)20-11-7-4-8-12-20/h4,7-8,11-12,17,19H,2-3,5-6,9-10,13-16H2,1H3,(H,26,29). The molecule has 6 nitrogen and oxygen atoms in total. The lowest BCUT2D eigenvalue weighted by Gasteiger charge is -2.36. The van der Waals surface area contributed by atoms with Crippen LogP contribution in [-0.2, 0) is 0 Å². The first-order chi connectivity index (χ1) is 14.2. The largest absolute Gasteiger partial charge is 0.368 e. The van der Waals surface area contributed by atoms with E-state index in [1.165, 1.54) is 31.4 Å². The van der Waals surface area contributed by atoms with E-state index in [2.05, 4.69) is 49.4 Å². The number of nitrogens with zero attached hydrogens (tertiary/aromatic N) is 4. The van der Waals surface area contributed by atoms with Crippen molar-refractivity contribution in [2.75, 3.05) is 36.0 Å². The third-order valence-corrected chi connectivity index (χ3v) is 5.97. The summed E-state index contributed by atoms with van der Waals surface area (Å²) in [6.45, 7) is 5.52.